The van der Waals surface area contributed by atoms with E-state index in [0.29, 0.717) is 52.5 Å². The van der Waals surface area contributed by atoms with Crippen molar-refractivity contribution in [3.8, 4) is 37.0 Å². The van der Waals surface area contributed by atoms with E-state index >= 15 is 0 Å². The SMILES string of the molecule is C#CCOCCOCCNC(=O)CCC(CCC(=O)NCCOCCOCC#C)(CCC(=O)NCCOCCOCC#C)NC(=O)C1CC(OP(=O)(OC)C(C)C)C1. The van der Waals surface area contributed by atoms with Gasteiger partial charge in [-0.25, -0.2) is 0 Å². The first-order valence-electron chi connectivity index (χ1n) is 19.7. The van der Waals surface area contributed by atoms with Gasteiger partial charge in [0.25, 0.3) is 0 Å². The number of ether oxygens (including phenoxy) is 6. The van der Waals surface area contributed by atoms with E-state index in [1.54, 1.807) is 13.8 Å². The number of hydrogen-bond acceptors (Lipinski definition) is 13. The van der Waals surface area contributed by atoms with Crippen LogP contribution in [0.15, 0.2) is 0 Å². The topological polar surface area (TPSA) is 207 Å². The van der Waals surface area contributed by atoms with Crippen molar-refractivity contribution in [2.24, 2.45) is 5.92 Å². The number of amides is 4. The van der Waals surface area contributed by atoms with Gasteiger partial charge in [-0.2, -0.15) is 0 Å². The summed E-state index contributed by atoms with van der Waals surface area (Å²) in [6, 6.07) is 0. The molecule has 1 unspecified atom stereocenters. The third kappa shape index (κ3) is 24.4. The molecule has 328 valence electrons. The smallest absolute Gasteiger partial charge is 0.333 e. The molecular formula is C40H65N4O13P. The van der Waals surface area contributed by atoms with Crippen LogP contribution in [0.3, 0.4) is 0 Å². The van der Waals surface area contributed by atoms with Crippen molar-refractivity contribution in [1.29, 1.82) is 0 Å². The Morgan fingerprint density at radius 1 is 0.638 bits per heavy atom. The second-order valence-electron chi connectivity index (χ2n) is 13.6. The fourth-order valence-electron chi connectivity index (χ4n) is 5.54. The summed E-state index contributed by atoms with van der Waals surface area (Å²) in [6.45, 7) is 7.37. The summed E-state index contributed by atoms with van der Waals surface area (Å²) in [5.41, 5.74) is -1.49. The molecule has 0 aromatic rings. The average Bonchev–Trinajstić information content (AvgIpc) is 3.19. The standard InChI is InChI=1S/C40H65N4O13P/c1-7-19-51-25-28-54-22-16-41-36(45)10-13-40(14-11-37(46)42-17-23-55-29-26-52-20-8-2,15-12-38(47)43-18-24-56-30-27-53-21-9-3)44-39(48)34-31-35(32-34)57-58(49,50-6)33(4)5/h1-3,33-35H,10-32H2,4-6H3,(H,41,45)(H,42,46)(H,43,47)(H,44,48). The predicted octanol–water partition coefficient (Wildman–Crippen LogP) is 1.57. The van der Waals surface area contributed by atoms with Gasteiger partial charge < -0.3 is 58.7 Å². The predicted molar refractivity (Wildman–Crippen MR) is 216 cm³/mol. The number of nitrogens with one attached hydrogen (secondary N) is 4. The Hall–Kier alpha value is -3.53. The van der Waals surface area contributed by atoms with E-state index < -0.39 is 25.2 Å². The van der Waals surface area contributed by atoms with Crippen LogP contribution in [0.4, 0.5) is 0 Å². The first-order chi connectivity index (χ1) is 27.9. The molecular weight excluding hydrogens is 775 g/mol. The molecule has 0 heterocycles. The lowest BCUT2D eigenvalue weighted by molar-refractivity contribution is -0.134. The molecule has 18 heteroatoms. The lowest BCUT2D eigenvalue weighted by Crippen LogP contribution is -2.54. The molecule has 1 fully saturated rings. The quantitative estimate of drug-likeness (QED) is 0.0402. The maximum absolute atomic E-state index is 13.8. The second kappa shape index (κ2) is 32.3. The van der Waals surface area contributed by atoms with Gasteiger partial charge in [-0.15, -0.1) is 19.3 Å². The highest BCUT2D eigenvalue weighted by atomic mass is 31.2. The van der Waals surface area contributed by atoms with E-state index in [1.807, 2.05) is 0 Å². The van der Waals surface area contributed by atoms with E-state index in [-0.39, 0.29) is 127 Å². The number of carbonyl (C=O) groups is 4. The summed E-state index contributed by atoms with van der Waals surface area (Å²) in [5, 5.41) is 11.6. The van der Waals surface area contributed by atoms with E-state index in [9.17, 15) is 23.7 Å². The maximum atomic E-state index is 13.8. The minimum Gasteiger partial charge on any atom is -0.377 e. The van der Waals surface area contributed by atoms with Gasteiger partial charge in [0.1, 0.15) is 19.8 Å². The van der Waals surface area contributed by atoms with Crippen molar-refractivity contribution < 1.29 is 61.2 Å². The average molecular weight is 841 g/mol. The number of rotatable bonds is 36. The monoisotopic (exact) mass is 840 g/mol. The Kier molecular flexibility index (Phi) is 29.3. The second-order valence-corrected chi connectivity index (χ2v) is 16.3. The Labute approximate surface area is 344 Å². The molecule has 1 aliphatic carbocycles. The zero-order chi connectivity index (χ0) is 42.9. The van der Waals surface area contributed by atoms with Gasteiger partial charge in [-0.05, 0) is 32.1 Å². The summed E-state index contributed by atoms with van der Waals surface area (Å²) in [5.74, 6) is 5.41. The van der Waals surface area contributed by atoms with Crippen molar-refractivity contribution in [2.75, 3.05) is 106 Å². The molecule has 1 aliphatic rings. The van der Waals surface area contributed by atoms with Crippen molar-refractivity contribution in [3.63, 3.8) is 0 Å². The number of hydrogen-bond donors (Lipinski definition) is 4. The summed E-state index contributed by atoms with van der Waals surface area (Å²) >= 11 is 0. The first kappa shape index (κ1) is 52.5. The summed E-state index contributed by atoms with van der Waals surface area (Å²) < 4.78 is 55.9. The molecule has 0 aromatic carbocycles. The van der Waals surface area contributed by atoms with Gasteiger partial charge in [-0.1, -0.05) is 31.6 Å². The molecule has 0 spiro atoms. The van der Waals surface area contributed by atoms with Gasteiger partial charge in [0.15, 0.2) is 0 Å². The van der Waals surface area contributed by atoms with Crippen LogP contribution in [0.25, 0.3) is 0 Å². The lowest BCUT2D eigenvalue weighted by Gasteiger charge is -2.41. The number of terminal acetylenes is 3. The van der Waals surface area contributed by atoms with Crippen molar-refractivity contribution in [3.05, 3.63) is 0 Å². The van der Waals surface area contributed by atoms with E-state index in [2.05, 4.69) is 39.0 Å². The van der Waals surface area contributed by atoms with Crippen LogP contribution in [-0.4, -0.2) is 147 Å². The number of carbonyl (C=O) groups excluding carboxylic acids is 4. The Bertz CT molecular complexity index is 1260. The third-order valence-corrected chi connectivity index (χ3v) is 11.3. The van der Waals surface area contributed by atoms with Crippen LogP contribution < -0.4 is 21.3 Å². The van der Waals surface area contributed by atoms with Gasteiger partial charge in [0, 0.05) is 57.5 Å². The van der Waals surface area contributed by atoms with Crippen LogP contribution in [0, 0.1) is 42.9 Å². The highest BCUT2D eigenvalue weighted by Crippen LogP contribution is 2.55. The zero-order valence-corrected chi connectivity index (χ0v) is 35.4. The van der Waals surface area contributed by atoms with Gasteiger partial charge in [0.05, 0.1) is 71.2 Å². The minimum atomic E-state index is -3.35. The minimum absolute atomic E-state index is 0.0121. The molecule has 17 nitrogen and oxygen atoms in total. The maximum Gasteiger partial charge on any atom is 0.333 e. The molecule has 0 aromatic heterocycles. The molecule has 0 bridgehead atoms. The highest BCUT2D eigenvalue weighted by molar-refractivity contribution is 7.54. The van der Waals surface area contributed by atoms with Crippen LogP contribution >= 0.6 is 7.60 Å². The van der Waals surface area contributed by atoms with Crippen molar-refractivity contribution in [1.82, 2.24) is 21.3 Å². The van der Waals surface area contributed by atoms with Crippen molar-refractivity contribution >= 4 is 31.2 Å². The first-order valence-corrected chi connectivity index (χ1v) is 21.3. The summed E-state index contributed by atoms with van der Waals surface area (Å²) in [4.78, 5) is 53.0. The van der Waals surface area contributed by atoms with Crippen molar-refractivity contribution in [2.45, 2.75) is 82.5 Å². The fraction of sp³-hybridized carbons (Fsp3) is 0.750. The summed E-state index contributed by atoms with van der Waals surface area (Å²) in [6.07, 6.45) is 16.0. The zero-order valence-electron chi connectivity index (χ0n) is 34.5. The molecule has 1 rings (SSSR count). The summed E-state index contributed by atoms with van der Waals surface area (Å²) in [7, 11) is -2.02. The van der Waals surface area contributed by atoms with Crippen LogP contribution in [0.1, 0.15) is 65.2 Å². The van der Waals surface area contributed by atoms with Gasteiger partial charge >= 0.3 is 7.60 Å². The lowest BCUT2D eigenvalue weighted by atomic mass is 9.78. The molecule has 58 heavy (non-hydrogen) atoms. The van der Waals surface area contributed by atoms with E-state index in [0.717, 1.165) is 0 Å². The molecule has 0 radical (unpaired) electrons. The normalized spacial score (nSPS) is 15.9. The molecule has 1 saturated carbocycles. The Morgan fingerprint density at radius 3 is 1.33 bits per heavy atom. The molecule has 4 N–H and O–H groups in total. The van der Waals surface area contributed by atoms with Gasteiger partial charge in [-0.3, -0.25) is 23.7 Å². The largest absolute Gasteiger partial charge is 0.377 e. The van der Waals surface area contributed by atoms with Crippen LogP contribution in [0.2, 0.25) is 0 Å². The third-order valence-electron chi connectivity index (χ3n) is 8.91. The van der Waals surface area contributed by atoms with E-state index in [1.165, 1.54) is 7.11 Å². The van der Waals surface area contributed by atoms with E-state index in [4.69, 9.17) is 56.7 Å². The molecule has 1 atom stereocenters. The van der Waals surface area contributed by atoms with Crippen LogP contribution in [-0.2, 0) is 61.2 Å². The highest BCUT2D eigenvalue weighted by Gasteiger charge is 2.43. The Balaban J connectivity index is 3.02. The molecule has 0 saturated heterocycles. The fourth-order valence-corrected chi connectivity index (χ4v) is 6.88. The van der Waals surface area contributed by atoms with Gasteiger partial charge in [0.2, 0.25) is 23.6 Å². The molecule has 4 amide bonds. The Morgan fingerprint density at radius 2 is 1.00 bits per heavy atom. The van der Waals surface area contributed by atoms with Crippen LogP contribution in [0.5, 0.6) is 0 Å². The molecule has 0 aliphatic heterocycles.